The van der Waals surface area contributed by atoms with Crippen molar-refractivity contribution in [3.05, 3.63) is 41.2 Å². The maximum atomic E-state index is 12.2. The van der Waals surface area contributed by atoms with Gasteiger partial charge >= 0.3 is 6.09 Å². The molecule has 1 aromatic carbocycles. The maximum Gasteiger partial charge on any atom is 0.407 e. The van der Waals surface area contributed by atoms with Gasteiger partial charge in [-0.05, 0) is 58.7 Å². The second-order valence-corrected chi connectivity index (χ2v) is 8.29. The zero-order valence-corrected chi connectivity index (χ0v) is 18.2. The standard InChI is InChI=1S/C22H29N5O3/c1-14-16(10-11-19(28)23-12-13-24-21(29)30-22(3,4)5)15(2)27-20(25-14)17-8-6-7-9-18(17)26-27/h6-9H,10-13H2,1-5H3,(H,23,28)(H,24,29). The van der Waals surface area contributed by atoms with Gasteiger partial charge in [-0.2, -0.15) is 5.10 Å². The van der Waals surface area contributed by atoms with Gasteiger partial charge < -0.3 is 15.4 Å². The summed E-state index contributed by atoms with van der Waals surface area (Å²) < 4.78 is 7.01. The molecular weight excluding hydrogens is 382 g/mol. The van der Waals surface area contributed by atoms with Crippen LogP contribution >= 0.6 is 0 Å². The number of fused-ring (bicyclic) bond motifs is 3. The molecule has 160 valence electrons. The predicted octanol–water partition coefficient (Wildman–Crippen LogP) is 3.07. The minimum absolute atomic E-state index is 0.0782. The van der Waals surface area contributed by atoms with Crippen LogP contribution < -0.4 is 10.6 Å². The summed E-state index contributed by atoms with van der Waals surface area (Å²) in [7, 11) is 0. The number of hydrogen-bond donors (Lipinski definition) is 2. The van der Waals surface area contributed by atoms with Crippen molar-refractivity contribution < 1.29 is 14.3 Å². The molecule has 30 heavy (non-hydrogen) atoms. The molecule has 8 heteroatoms. The van der Waals surface area contributed by atoms with Crippen LogP contribution in [0, 0.1) is 13.8 Å². The summed E-state index contributed by atoms with van der Waals surface area (Å²) in [6, 6.07) is 7.92. The van der Waals surface area contributed by atoms with Gasteiger partial charge in [-0.3, -0.25) is 4.79 Å². The number of rotatable bonds is 6. The van der Waals surface area contributed by atoms with E-state index in [1.807, 2.05) is 42.6 Å². The Hall–Kier alpha value is -3.16. The number of aryl methyl sites for hydroxylation is 2. The second-order valence-electron chi connectivity index (χ2n) is 8.29. The van der Waals surface area contributed by atoms with Crippen LogP contribution in [0.5, 0.6) is 0 Å². The third kappa shape index (κ3) is 5.06. The third-order valence-electron chi connectivity index (χ3n) is 4.74. The summed E-state index contributed by atoms with van der Waals surface area (Å²) in [5.41, 5.74) is 4.12. The minimum atomic E-state index is -0.543. The Kier molecular flexibility index (Phi) is 6.24. The fourth-order valence-electron chi connectivity index (χ4n) is 3.35. The van der Waals surface area contributed by atoms with Crippen LogP contribution in [-0.2, 0) is 16.0 Å². The quantitative estimate of drug-likeness (QED) is 0.608. The van der Waals surface area contributed by atoms with E-state index in [1.54, 1.807) is 20.8 Å². The number of nitrogens with zero attached hydrogens (tertiary/aromatic N) is 3. The van der Waals surface area contributed by atoms with Crippen LogP contribution in [0.2, 0.25) is 0 Å². The van der Waals surface area contributed by atoms with E-state index in [-0.39, 0.29) is 5.91 Å². The van der Waals surface area contributed by atoms with Crippen molar-refractivity contribution in [2.45, 2.75) is 53.1 Å². The molecule has 0 spiro atoms. The fourth-order valence-corrected chi connectivity index (χ4v) is 3.35. The maximum absolute atomic E-state index is 12.2. The summed E-state index contributed by atoms with van der Waals surface area (Å²) in [5.74, 6) is -0.0782. The Morgan fingerprint density at radius 3 is 2.53 bits per heavy atom. The molecule has 2 N–H and O–H groups in total. The Bertz CT molecular complexity index is 1080. The number of carbonyl (C=O) groups is 2. The molecule has 2 aromatic heterocycles. The molecule has 0 aliphatic heterocycles. The highest BCUT2D eigenvalue weighted by atomic mass is 16.6. The van der Waals surface area contributed by atoms with Gasteiger partial charge in [0.15, 0.2) is 5.65 Å². The van der Waals surface area contributed by atoms with Crippen molar-refractivity contribution >= 4 is 28.6 Å². The molecule has 0 bridgehead atoms. The summed E-state index contributed by atoms with van der Waals surface area (Å²) in [6.45, 7) is 10.0. The van der Waals surface area contributed by atoms with Crippen molar-refractivity contribution in [1.29, 1.82) is 0 Å². The molecule has 3 aromatic rings. The van der Waals surface area contributed by atoms with Gasteiger partial charge in [-0.25, -0.2) is 14.3 Å². The Morgan fingerprint density at radius 1 is 1.10 bits per heavy atom. The van der Waals surface area contributed by atoms with Gasteiger partial charge in [0.2, 0.25) is 5.91 Å². The zero-order valence-electron chi connectivity index (χ0n) is 18.2. The van der Waals surface area contributed by atoms with Crippen LogP contribution in [0.3, 0.4) is 0 Å². The lowest BCUT2D eigenvalue weighted by Crippen LogP contribution is -2.37. The van der Waals surface area contributed by atoms with E-state index in [0.29, 0.717) is 25.9 Å². The second kappa shape index (κ2) is 8.69. The molecular formula is C22H29N5O3. The molecule has 2 heterocycles. The van der Waals surface area contributed by atoms with Gasteiger partial charge in [0.1, 0.15) is 5.60 Å². The van der Waals surface area contributed by atoms with Crippen LogP contribution in [0.1, 0.15) is 44.1 Å². The van der Waals surface area contributed by atoms with E-state index in [1.165, 1.54) is 0 Å². The number of hydrogen-bond acceptors (Lipinski definition) is 5. The van der Waals surface area contributed by atoms with Crippen LogP contribution in [0.15, 0.2) is 24.3 Å². The minimum Gasteiger partial charge on any atom is -0.444 e. The third-order valence-corrected chi connectivity index (χ3v) is 4.74. The van der Waals surface area contributed by atoms with Gasteiger partial charge in [-0.1, -0.05) is 12.1 Å². The smallest absolute Gasteiger partial charge is 0.407 e. The van der Waals surface area contributed by atoms with Crippen molar-refractivity contribution in [3.8, 4) is 0 Å². The molecule has 0 radical (unpaired) electrons. The fraction of sp³-hybridized carbons (Fsp3) is 0.455. The Morgan fingerprint density at radius 2 is 1.80 bits per heavy atom. The zero-order chi connectivity index (χ0) is 21.9. The molecule has 0 saturated heterocycles. The SMILES string of the molecule is Cc1nc2c3ccccc3nn2c(C)c1CCC(=O)NCCNC(=O)OC(C)(C)C. The molecule has 0 aliphatic rings. The van der Waals surface area contributed by atoms with E-state index in [4.69, 9.17) is 9.72 Å². The molecule has 0 aliphatic carbocycles. The number of aromatic nitrogens is 3. The number of ether oxygens (including phenoxy) is 1. The Balaban J connectivity index is 1.56. The molecule has 0 saturated carbocycles. The molecule has 8 nitrogen and oxygen atoms in total. The summed E-state index contributed by atoms with van der Waals surface area (Å²) in [6.07, 6.45) is 0.415. The summed E-state index contributed by atoms with van der Waals surface area (Å²) >= 11 is 0. The monoisotopic (exact) mass is 411 g/mol. The van der Waals surface area contributed by atoms with Gasteiger partial charge in [-0.15, -0.1) is 0 Å². The summed E-state index contributed by atoms with van der Waals surface area (Å²) in [5, 5.41) is 11.1. The van der Waals surface area contributed by atoms with Crippen LogP contribution in [-0.4, -0.2) is 45.3 Å². The highest BCUT2D eigenvalue weighted by Crippen LogP contribution is 2.22. The van der Waals surface area contributed by atoms with E-state index in [9.17, 15) is 9.59 Å². The van der Waals surface area contributed by atoms with Gasteiger partial charge in [0.25, 0.3) is 0 Å². The summed E-state index contributed by atoms with van der Waals surface area (Å²) in [4.78, 5) is 28.6. The van der Waals surface area contributed by atoms with Crippen molar-refractivity contribution in [2.24, 2.45) is 0 Å². The first kappa shape index (κ1) is 21.5. The van der Waals surface area contributed by atoms with Crippen molar-refractivity contribution in [3.63, 3.8) is 0 Å². The average molecular weight is 412 g/mol. The topological polar surface area (TPSA) is 97.6 Å². The van der Waals surface area contributed by atoms with E-state index < -0.39 is 11.7 Å². The number of carbonyl (C=O) groups excluding carboxylic acids is 2. The number of alkyl carbamates (subject to hydrolysis) is 1. The first-order chi connectivity index (χ1) is 14.2. The molecule has 0 unspecified atom stereocenters. The Labute approximate surface area is 176 Å². The highest BCUT2D eigenvalue weighted by molar-refractivity contribution is 5.92. The normalized spacial score (nSPS) is 11.6. The largest absolute Gasteiger partial charge is 0.444 e. The van der Waals surface area contributed by atoms with Crippen molar-refractivity contribution in [1.82, 2.24) is 25.2 Å². The predicted molar refractivity (Wildman–Crippen MR) is 116 cm³/mol. The van der Waals surface area contributed by atoms with Crippen LogP contribution in [0.4, 0.5) is 4.79 Å². The molecule has 0 fully saturated rings. The van der Waals surface area contributed by atoms with E-state index >= 15 is 0 Å². The lowest BCUT2D eigenvalue weighted by Gasteiger charge is -2.19. The highest BCUT2D eigenvalue weighted by Gasteiger charge is 2.16. The first-order valence-electron chi connectivity index (χ1n) is 10.1. The number of benzene rings is 1. The average Bonchev–Trinajstić information content (AvgIpc) is 3.02. The van der Waals surface area contributed by atoms with Crippen LogP contribution in [0.25, 0.3) is 16.6 Å². The first-order valence-corrected chi connectivity index (χ1v) is 10.1. The van der Waals surface area contributed by atoms with Crippen molar-refractivity contribution in [2.75, 3.05) is 13.1 Å². The molecule has 0 atom stereocenters. The van der Waals surface area contributed by atoms with E-state index in [2.05, 4.69) is 15.7 Å². The van der Waals surface area contributed by atoms with Gasteiger partial charge in [0, 0.05) is 36.3 Å². The lowest BCUT2D eigenvalue weighted by molar-refractivity contribution is -0.121. The van der Waals surface area contributed by atoms with E-state index in [0.717, 1.165) is 33.5 Å². The number of amides is 2. The molecule has 2 amide bonds. The number of nitrogens with one attached hydrogen (secondary N) is 2. The molecule has 3 rings (SSSR count). The van der Waals surface area contributed by atoms with Gasteiger partial charge in [0.05, 0.1) is 5.52 Å². The lowest BCUT2D eigenvalue weighted by atomic mass is 10.1.